The van der Waals surface area contributed by atoms with Crippen LogP contribution >= 0.6 is 0 Å². The van der Waals surface area contributed by atoms with Gasteiger partial charge >= 0.3 is 0 Å². The zero-order chi connectivity index (χ0) is 20.4. The number of anilines is 1. The van der Waals surface area contributed by atoms with Gasteiger partial charge in [0.1, 0.15) is 0 Å². The molecule has 0 aliphatic heterocycles. The van der Waals surface area contributed by atoms with E-state index in [0.717, 1.165) is 12.0 Å². The van der Waals surface area contributed by atoms with Gasteiger partial charge in [0.25, 0.3) is 0 Å². The summed E-state index contributed by atoms with van der Waals surface area (Å²) in [7, 11) is 3.10. The van der Waals surface area contributed by atoms with E-state index in [0.29, 0.717) is 17.2 Å². The van der Waals surface area contributed by atoms with Crippen LogP contribution in [-0.2, 0) is 16.0 Å². The number of nitrogens with one attached hydrogen (secondary N) is 2. The maximum absolute atomic E-state index is 11.9. The lowest BCUT2D eigenvalue weighted by molar-refractivity contribution is -0.124. The number of ether oxygens (including phenoxy) is 2. The van der Waals surface area contributed by atoms with Gasteiger partial charge in [0.2, 0.25) is 11.8 Å². The first-order chi connectivity index (χ1) is 13.5. The molecule has 0 saturated carbocycles. The molecule has 2 N–H and O–H groups in total. The molecule has 0 aliphatic rings. The standard InChI is InChI=1S/C21H25N3O4/c1-4-15-5-8-17(9-6-15)23-20(25)11-12-21(26)24-22-14-16-7-10-18(27-2)19(13-16)28-3/h5-10,13-14H,4,11-12H2,1-3H3,(H,23,25)(H,24,26). The largest absolute Gasteiger partial charge is 0.493 e. The van der Waals surface area contributed by atoms with Crippen molar-refractivity contribution in [2.75, 3.05) is 19.5 Å². The molecule has 7 heteroatoms. The number of hydrogen-bond acceptors (Lipinski definition) is 5. The Labute approximate surface area is 164 Å². The summed E-state index contributed by atoms with van der Waals surface area (Å²) < 4.78 is 10.4. The third-order valence-electron chi connectivity index (χ3n) is 4.04. The SMILES string of the molecule is CCc1ccc(NC(=O)CCC(=O)NN=Cc2ccc(OC)c(OC)c2)cc1. The lowest BCUT2D eigenvalue weighted by Crippen LogP contribution is -2.20. The third kappa shape index (κ3) is 6.42. The quantitative estimate of drug-likeness (QED) is 0.514. The summed E-state index contributed by atoms with van der Waals surface area (Å²) in [6.07, 6.45) is 2.56. The van der Waals surface area contributed by atoms with Crippen molar-refractivity contribution < 1.29 is 19.1 Å². The maximum atomic E-state index is 11.9. The molecule has 0 bridgehead atoms. The second-order valence-electron chi connectivity index (χ2n) is 6.01. The van der Waals surface area contributed by atoms with Crippen molar-refractivity contribution in [3.63, 3.8) is 0 Å². The highest BCUT2D eigenvalue weighted by atomic mass is 16.5. The van der Waals surface area contributed by atoms with Crippen molar-refractivity contribution in [3.8, 4) is 11.5 Å². The summed E-state index contributed by atoms with van der Waals surface area (Å²) in [4.78, 5) is 23.8. The number of benzene rings is 2. The zero-order valence-corrected chi connectivity index (χ0v) is 16.3. The number of hydrogen-bond donors (Lipinski definition) is 2. The van der Waals surface area contributed by atoms with Gasteiger partial charge in [0.05, 0.1) is 20.4 Å². The Bertz CT molecular complexity index is 832. The smallest absolute Gasteiger partial charge is 0.240 e. The minimum Gasteiger partial charge on any atom is -0.493 e. The van der Waals surface area contributed by atoms with Crippen molar-refractivity contribution in [1.29, 1.82) is 0 Å². The third-order valence-corrected chi connectivity index (χ3v) is 4.04. The van der Waals surface area contributed by atoms with Crippen LogP contribution in [0.25, 0.3) is 0 Å². The predicted octanol–water partition coefficient (Wildman–Crippen LogP) is 3.14. The number of rotatable bonds is 9. The fourth-order valence-electron chi connectivity index (χ4n) is 2.44. The Morgan fingerprint density at radius 2 is 1.64 bits per heavy atom. The topological polar surface area (TPSA) is 89.0 Å². The number of carbonyl (C=O) groups excluding carboxylic acids is 2. The fraction of sp³-hybridized carbons (Fsp3) is 0.286. The number of amides is 2. The van der Waals surface area contributed by atoms with Gasteiger partial charge in [0.15, 0.2) is 11.5 Å². The number of aryl methyl sites for hydroxylation is 1. The van der Waals surface area contributed by atoms with Crippen molar-refractivity contribution in [2.24, 2.45) is 5.10 Å². The van der Waals surface area contributed by atoms with E-state index < -0.39 is 0 Å². The molecule has 2 rings (SSSR count). The number of carbonyl (C=O) groups is 2. The molecule has 2 amide bonds. The highest BCUT2D eigenvalue weighted by Crippen LogP contribution is 2.26. The van der Waals surface area contributed by atoms with Crippen LogP contribution in [0.4, 0.5) is 5.69 Å². The highest BCUT2D eigenvalue weighted by Gasteiger charge is 2.07. The van der Waals surface area contributed by atoms with Crippen LogP contribution in [0, 0.1) is 0 Å². The molecule has 2 aromatic carbocycles. The van der Waals surface area contributed by atoms with E-state index in [4.69, 9.17) is 9.47 Å². The van der Waals surface area contributed by atoms with Crippen molar-refractivity contribution in [2.45, 2.75) is 26.2 Å². The molecule has 0 saturated heterocycles. The minimum absolute atomic E-state index is 0.0438. The molecule has 28 heavy (non-hydrogen) atoms. The van der Waals surface area contributed by atoms with Crippen LogP contribution < -0.4 is 20.2 Å². The Morgan fingerprint density at radius 3 is 2.29 bits per heavy atom. The van der Waals surface area contributed by atoms with E-state index in [-0.39, 0.29) is 24.7 Å². The lowest BCUT2D eigenvalue weighted by atomic mass is 10.1. The molecular weight excluding hydrogens is 358 g/mol. The molecule has 0 heterocycles. The molecule has 0 aromatic heterocycles. The summed E-state index contributed by atoms with van der Waals surface area (Å²) in [5, 5.41) is 6.67. The molecule has 0 unspecified atom stereocenters. The monoisotopic (exact) mass is 383 g/mol. The highest BCUT2D eigenvalue weighted by molar-refractivity contribution is 5.93. The van der Waals surface area contributed by atoms with Crippen molar-refractivity contribution in [3.05, 3.63) is 53.6 Å². The van der Waals surface area contributed by atoms with Crippen LogP contribution in [-0.4, -0.2) is 32.2 Å². The Kier molecular flexibility index (Phi) is 8.02. The summed E-state index contributed by atoms with van der Waals surface area (Å²) in [6.45, 7) is 2.07. The van der Waals surface area contributed by atoms with Crippen LogP contribution in [0.2, 0.25) is 0 Å². The van der Waals surface area contributed by atoms with Gasteiger partial charge in [0, 0.05) is 18.5 Å². The second-order valence-corrected chi connectivity index (χ2v) is 6.01. The van der Waals surface area contributed by atoms with Gasteiger partial charge in [-0.2, -0.15) is 5.10 Å². The molecule has 0 spiro atoms. The molecular formula is C21H25N3O4. The van der Waals surface area contributed by atoms with E-state index in [9.17, 15) is 9.59 Å². The Morgan fingerprint density at radius 1 is 0.964 bits per heavy atom. The van der Waals surface area contributed by atoms with Gasteiger partial charge in [-0.1, -0.05) is 19.1 Å². The van der Waals surface area contributed by atoms with Crippen molar-refractivity contribution >= 4 is 23.7 Å². The molecule has 2 aromatic rings. The van der Waals surface area contributed by atoms with Gasteiger partial charge in [-0.15, -0.1) is 0 Å². The van der Waals surface area contributed by atoms with Gasteiger partial charge < -0.3 is 14.8 Å². The Balaban J connectivity index is 1.77. The minimum atomic E-state index is -0.340. The zero-order valence-electron chi connectivity index (χ0n) is 16.3. The van der Waals surface area contributed by atoms with E-state index in [1.165, 1.54) is 11.8 Å². The van der Waals surface area contributed by atoms with Crippen LogP contribution in [0.3, 0.4) is 0 Å². The summed E-state index contributed by atoms with van der Waals surface area (Å²) >= 11 is 0. The molecule has 0 radical (unpaired) electrons. The number of methoxy groups -OCH3 is 2. The van der Waals surface area contributed by atoms with E-state index in [1.807, 2.05) is 24.3 Å². The molecule has 0 aliphatic carbocycles. The van der Waals surface area contributed by atoms with E-state index in [2.05, 4.69) is 22.8 Å². The summed E-state index contributed by atoms with van der Waals surface area (Å²) in [5.41, 5.74) is 5.07. The van der Waals surface area contributed by atoms with E-state index in [1.54, 1.807) is 32.4 Å². The van der Waals surface area contributed by atoms with Crippen LogP contribution in [0.5, 0.6) is 11.5 Å². The first-order valence-corrected chi connectivity index (χ1v) is 8.98. The summed E-state index contributed by atoms with van der Waals surface area (Å²) in [6, 6.07) is 12.9. The Hall–Kier alpha value is -3.35. The van der Waals surface area contributed by atoms with Gasteiger partial charge in [-0.3, -0.25) is 9.59 Å². The van der Waals surface area contributed by atoms with Gasteiger partial charge in [-0.05, 0) is 47.9 Å². The predicted molar refractivity (Wildman–Crippen MR) is 109 cm³/mol. The molecule has 7 nitrogen and oxygen atoms in total. The first-order valence-electron chi connectivity index (χ1n) is 8.98. The first kappa shape index (κ1) is 21.0. The number of nitrogens with zero attached hydrogens (tertiary/aromatic N) is 1. The molecule has 148 valence electrons. The fourth-order valence-corrected chi connectivity index (χ4v) is 2.44. The number of hydrazone groups is 1. The average molecular weight is 383 g/mol. The van der Waals surface area contributed by atoms with E-state index >= 15 is 0 Å². The van der Waals surface area contributed by atoms with Crippen LogP contribution in [0.15, 0.2) is 47.6 Å². The van der Waals surface area contributed by atoms with Crippen LogP contribution in [0.1, 0.15) is 30.9 Å². The average Bonchev–Trinajstić information content (AvgIpc) is 2.72. The summed E-state index contributed by atoms with van der Waals surface area (Å²) in [5.74, 6) is 0.622. The molecule has 0 fully saturated rings. The lowest BCUT2D eigenvalue weighted by Gasteiger charge is -2.07. The maximum Gasteiger partial charge on any atom is 0.240 e. The van der Waals surface area contributed by atoms with Gasteiger partial charge in [-0.25, -0.2) is 5.43 Å². The van der Waals surface area contributed by atoms with Crippen molar-refractivity contribution in [1.82, 2.24) is 5.43 Å². The normalized spacial score (nSPS) is 10.5. The second kappa shape index (κ2) is 10.7. The molecule has 0 atom stereocenters.